The molecule has 0 aromatic heterocycles. The van der Waals surface area contributed by atoms with E-state index < -0.39 is 82.9 Å². The molecular weight excluding hydrogens is 479 g/mol. The molecule has 2 aliphatic heterocycles. The van der Waals surface area contributed by atoms with Crippen molar-refractivity contribution in [1.29, 1.82) is 0 Å². The summed E-state index contributed by atoms with van der Waals surface area (Å²) in [7, 11) is 2.06. The van der Waals surface area contributed by atoms with Crippen molar-refractivity contribution in [2.75, 3.05) is 14.2 Å². The highest BCUT2D eigenvalue weighted by molar-refractivity contribution is 6.17. The molecule has 0 bridgehead atoms. The summed E-state index contributed by atoms with van der Waals surface area (Å²) >= 11 is 0. The van der Waals surface area contributed by atoms with Crippen molar-refractivity contribution in [2.24, 2.45) is 29.6 Å². The minimum Gasteiger partial charge on any atom is -0.505 e. The first-order valence-corrected chi connectivity index (χ1v) is 11.2. The Morgan fingerprint density at radius 1 is 0.889 bits per heavy atom. The second kappa shape index (κ2) is 8.25. The molecule has 12 heteroatoms. The monoisotopic (exact) mass is 500 g/mol. The highest BCUT2D eigenvalue weighted by atomic mass is 19.1. The number of ether oxygens (including phenoxy) is 2. The van der Waals surface area contributed by atoms with Crippen LogP contribution in [0, 0.1) is 35.4 Å². The Bertz CT molecular complexity index is 1270. The molecule has 11 nitrogen and oxygen atoms in total. The number of phenols is 1. The molecule has 1 saturated carbocycles. The highest BCUT2D eigenvalue weighted by Gasteiger charge is 2.63. The fraction of sp³-hybridized carbons (Fsp3) is 0.417. The maximum absolute atomic E-state index is 14.4. The van der Waals surface area contributed by atoms with Gasteiger partial charge in [0, 0.05) is 5.92 Å². The third-order valence-corrected chi connectivity index (χ3v) is 7.69. The van der Waals surface area contributed by atoms with Gasteiger partial charge in [-0.05, 0) is 36.5 Å². The number of phenolic OH excluding ortho intramolecular Hbond substituents is 1. The molecule has 0 spiro atoms. The van der Waals surface area contributed by atoms with E-state index in [1.807, 2.05) is 0 Å². The van der Waals surface area contributed by atoms with Crippen molar-refractivity contribution >= 4 is 35.8 Å². The first kappa shape index (κ1) is 23.6. The van der Waals surface area contributed by atoms with Gasteiger partial charge in [0.2, 0.25) is 23.6 Å². The molecule has 2 heterocycles. The summed E-state index contributed by atoms with van der Waals surface area (Å²) in [5.41, 5.74) is 0.785. The number of amides is 6. The Labute approximate surface area is 203 Å². The number of fused-ring (bicyclic) bond motifs is 4. The number of imide groups is 6. The Hall–Kier alpha value is -4.09. The molecule has 2 saturated heterocycles. The van der Waals surface area contributed by atoms with Gasteiger partial charge in [-0.15, -0.1) is 0 Å². The molecule has 2 aliphatic carbocycles. The Morgan fingerprint density at radius 3 is 2.06 bits per heavy atom. The molecule has 1 aromatic carbocycles. The van der Waals surface area contributed by atoms with Crippen LogP contribution < -0.4 is 0 Å². The molecule has 188 valence electrons. The molecule has 6 amide bonds. The maximum atomic E-state index is 14.4. The van der Waals surface area contributed by atoms with E-state index in [0.717, 1.165) is 26.4 Å². The van der Waals surface area contributed by atoms with E-state index in [1.165, 1.54) is 6.07 Å². The lowest BCUT2D eigenvalue weighted by atomic mass is 9.57. The van der Waals surface area contributed by atoms with Gasteiger partial charge in [0.05, 0.1) is 37.9 Å². The molecule has 1 aromatic rings. The number of aromatic hydroxyl groups is 1. The van der Waals surface area contributed by atoms with E-state index in [1.54, 1.807) is 6.08 Å². The molecule has 0 radical (unpaired) electrons. The zero-order chi connectivity index (χ0) is 26.0. The average molecular weight is 500 g/mol. The highest BCUT2D eigenvalue weighted by Crippen LogP contribution is 2.58. The van der Waals surface area contributed by atoms with Gasteiger partial charge in [-0.25, -0.2) is 14.0 Å². The standard InChI is InChI=1S/C24H21FN2O9/c1-35-23(33)26-19(29)11-5-4-10-12(17(11)21(26)31)8-13-18(22(32)27(20(13)30)24(34)36-2)16(10)9-3-6-15(28)14(25)7-9/h3-4,6-7,11-13,16-18,28H,5,8H2,1-2H3/t11-,12+,13+,16-,17-,18+/m0/s1. The van der Waals surface area contributed by atoms with Gasteiger partial charge in [-0.1, -0.05) is 17.7 Å². The third-order valence-electron chi connectivity index (χ3n) is 7.69. The quantitative estimate of drug-likeness (QED) is 0.449. The third kappa shape index (κ3) is 3.09. The summed E-state index contributed by atoms with van der Waals surface area (Å²) < 4.78 is 23.6. The van der Waals surface area contributed by atoms with E-state index in [9.17, 15) is 38.3 Å². The fourth-order valence-electron chi connectivity index (χ4n) is 6.22. The normalized spacial score (nSPS) is 31.0. The van der Waals surface area contributed by atoms with Gasteiger partial charge in [0.25, 0.3) is 0 Å². The second-order valence-corrected chi connectivity index (χ2v) is 9.20. The van der Waals surface area contributed by atoms with E-state index in [0.29, 0.717) is 15.4 Å². The minimum atomic E-state index is -1.16. The smallest absolute Gasteiger partial charge is 0.423 e. The van der Waals surface area contributed by atoms with E-state index in [4.69, 9.17) is 0 Å². The van der Waals surface area contributed by atoms with Crippen molar-refractivity contribution in [3.63, 3.8) is 0 Å². The molecule has 5 rings (SSSR count). The summed E-state index contributed by atoms with van der Waals surface area (Å²) in [5, 5.41) is 9.68. The lowest BCUT2D eigenvalue weighted by molar-refractivity contribution is -0.139. The van der Waals surface area contributed by atoms with Gasteiger partial charge < -0.3 is 14.6 Å². The summed E-state index contributed by atoms with van der Waals surface area (Å²) in [6, 6.07) is 3.54. The SMILES string of the molecule is COC(=O)N1C(=O)[C@H]2[C@H](CC=C3[C@H]2C[C@H]2C(=O)N(C(=O)OC)C(=O)[C@H]2[C@H]3c2ccc(O)c(F)c2)C1=O. The molecule has 6 atom stereocenters. The fourth-order valence-corrected chi connectivity index (χ4v) is 6.22. The molecule has 0 unspecified atom stereocenters. The number of hydrogen-bond donors (Lipinski definition) is 1. The molecule has 3 fully saturated rings. The first-order chi connectivity index (χ1) is 17.1. The first-order valence-electron chi connectivity index (χ1n) is 11.2. The van der Waals surface area contributed by atoms with Crippen LogP contribution in [0.2, 0.25) is 0 Å². The van der Waals surface area contributed by atoms with E-state index in [-0.39, 0.29) is 18.4 Å². The lowest BCUT2D eigenvalue weighted by Crippen LogP contribution is -2.43. The van der Waals surface area contributed by atoms with Crippen LogP contribution in [0.15, 0.2) is 29.8 Å². The number of halogens is 1. The Kier molecular flexibility index (Phi) is 5.42. The predicted molar refractivity (Wildman–Crippen MR) is 114 cm³/mol. The van der Waals surface area contributed by atoms with Crippen LogP contribution in [-0.4, -0.2) is 64.9 Å². The van der Waals surface area contributed by atoms with Crippen molar-refractivity contribution in [2.45, 2.75) is 18.8 Å². The number of benzene rings is 1. The lowest BCUT2D eigenvalue weighted by Gasteiger charge is -2.43. The summed E-state index contributed by atoms with van der Waals surface area (Å²) in [5.74, 6) is -10.4. The van der Waals surface area contributed by atoms with Gasteiger partial charge >= 0.3 is 12.2 Å². The van der Waals surface area contributed by atoms with Crippen LogP contribution in [-0.2, 0) is 28.7 Å². The van der Waals surface area contributed by atoms with Gasteiger partial charge in [-0.3, -0.25) is 19.2 Å². The summed E-state index contributed by atoms with van der Waals surface area (Å²) in [4.78, 5) is 78.0. The van der Waals surface area contributed by atoms with E-state index >= 15 is 0 Å². The van der Waals surface area contributed by atoms with Crippen LogP contribution in [0.5, 0.6) is 5.75 Å². The molecular formula is C24H21FN2O9. The molecule has 1 N–H and O–H groups in total. The van der Waals surface area contributed by atoms with Gasteiger partial charge in [0.1, 0.15) is 0 Å². The predicted octanol–water partition coefficient (Wildman–Crippen LogP) is 1.70. The number of carbonyl (C=O) groups is 6. The zero-order valence-electron chi connectivity index (χ0n) is 19.2. The largest absolute Gasteiger partial charge is 0.505 e. The van der Waals surface area contributed by atoms with Crippen LogP contribution >= 0.6 is 0 Å². The number of likely N-dealkylation sites (tertiary alicyclic amines) is 2. The number of nitrogens with zero attached hydrogens (tertiary/aromatic N) is 2. The summed E-state index contributed by atoms with van der Waals surface area (Å²) in [6.07, 6.45) is -0.557. The second-order valence-electron chi connectivity index (χ2n) is 9.20. The van der Waals surface area contributed by atoms with Crippen LogP contribution in [0.1, 0.15) is 24.3 Å². The molecule has 36 heavy (non-hydrogen) atoms. The topological polar surface area (TPSA) is 148 Å². The van der Waals surface area contributed by atoms with Crippen LogP contribution in [0.25, 0.3) is 0 Å². The Balaban J connectivity index is 1.64. The zero-order valence-corrected chi connectivity index (χ0v) is 19.2. The number of hydrogen-bond acceptors (Lipinski definition) is 9. The maximum Gasteiger partial charge on any atom is 0.423 e. The number of rotatable bonds is 1. The van der Waals surface area contributed by atoms with Gasteiger partial charge in [-0.2, -0.15) is 9.80 Å². The average Bonchev–Trinajstić information content (AvgIpc) is 3.27. The van der Waals surface area contributed by atoms with Crippen LogP contribution in [0.4, 0.5) is 14.0 Å². The minimum absolute atomic E-state index is 0.0408. The Morgan fingerprint density at radius 2 is 1.47 bits per heavy atom. The van der Waals surface area contributed by atoms with Crippen LogP contribution in [0.3, 0.4) is 0 Å². The number of allylic oxidation sites excluding steroid dienone is 2. The van der Waals surface area contributed by atoms with Crippen molar-refractivity contribution in [3.05, 3.63) is 41.2 Å². The summed E-state index contributed by atoms with van der Waals surface area (Å²) in [6.45, 7) is 0. The van der Waals surface area contributed by atoms with Gasteiger partial charge in [0.15, 0.2) is 11.6 Å². The molecule has 4 aliphatic rings. The number of carbonyl (C=O) groups excluding carboxylic acids is 6. The van der Waals surface area contributed by atoms with Crippen molar-refractivity contribution in [3.8, 4) is 5.75 Å². The van der Waals surface area contributed by atoms with E-state index in [2.05, 4.69) is 9.47 Å². The van der Waals surface area contributed by atoms with Crippen molar-refractivity contribution < 1.29 is 47.7 Å². The van der Waals surface area contributed by atoms with Crippen molar-refractivity contribution in [1.82, 2.24) is 9.80 Å². The number of methoxy groups -OCH3 is 2.